The predicted molar refractivity (Wildman–Crippen MR) is 138 cm³/mol. The lowest BCUT2D eigenvalue weighted by Gasteiger charge is -2.37. The SMILES string of the molecule is CCN1CCC(N(C)c2ccc(Nc3nc(N4CCc5nc[nH]c5C4)c4[nH]cnc4n3)cc2)CC1. The summed E-state index contributed by atoms with van der Waals surface area (Å²) in [5.41, 5.74) is 5.97. The summed E-state index contributed by atoms with van der Waals surface area (Å²) < 4.78 is 0. The number of benzene rings is 1. The molecule has 3 N–H and O–H groups in total. The van der Waals surface area contributed by atoms with Gasteiger partial charge in [-0.15, -0.1) is 0 Å². The van der Waals surface area contributed by atoms with E-state index in [2.05, 4.69) is 83.2 Å². The third kappa shape index (κ3) is 4.29. The van der Waals surface area contributed by atoms with Gasteiger partial charge < -0.3 is 30.0 Å². The second-order valence-corrected chi connectivity index (χ2v) is 9.42. The minimum atomic E-state index is 0.544. The van der Waals surface area contributed by atoms with Gasteiger partial charge in [0.25, 0.3) is 0 Å². The van der Waals surface area contributed by atoms with Gasteiger partial charge >= 0.3 is 0 Å². The molecule has 0 unspecified atom stereocenters. The van der Waals surface area contributed by atoms with Crippen LogP contribution < -0.4 is 15.1 Å². The molecule has 0 bridgehead atoms. The molecular weight excluding hydrogens is 440 g/mol. The normalized spacial score (nSPS) is 17.0. The quantitative estimate of drug-likeness (QED) is 0.393. The summed E-state index contributed by atoms with van der Waals surface area (Å²) in [6.07, 6.45) is 6.74. The summed E-state index contributed by atoms with van der Waals surface area (Å²) in [4.78, 5) is 32.0. The highest BCUT2D eigenvalue weighted by Gasteiger charge is 2.24. The number of aromatic nitrogens is 6. The van der Waals surface area contributed by atoms with Crippen LogP contribution in [0.4, 0.5) is 23.1 Å². The number of imidazole rings is 2. The number of rotatable bonds is 6. The Morgan fingerprint density at radius 1 is 1.03 bits per heavy atom. The maximum atomic E-state index is 4.88. The van der Waals surface area contributed by atoms with Crippen molar-refractivity contribution in [1.82, 2.24) is 34.8 Å². The number of aromatic amines is 2. The van der Waals surface area contributed by atoms with E-state index in [0.29, 0.717) is 17.6 Å². The lowest BCUT2D eigenvalue weighted by molar-refractivity contribution is 0.221. The van der Waals surface area contributed by atoms with Crippen molar-refractivity contribution in [3.63, 3.8) is 0 Å². The van der Waals surface area contributed by atoms with E-state index in [0.717, 1.165) is 54.5 Å². The first kappa shape index (κ1) is 21.8. The lowest BCUT2D eigenvalue weighted by atomic mass is 10.0. The second kappa shape index (κ2) is 9.18. The van der Waals surface area contributed by atoms with Crippen molar-refractivity contribution >= 4 is 34.3 Å². The minimum absolute atomic E-state index is 0.544. The first-order valence-corrected chi connectivity index (χ1v) is 12.5. The highest BCUT2D eigenvalue weighted by Crippen LogP contribution is 2.29. The fourth-order valence-corrected chi connectivity index (χ4v) is 5.24. The largest absolute Gasteiger partial charge is 0.372 e. The van der Waals surface area contributed by atoms with Gasteiger partial charge in [-0.2, -0.15) is 9.97 Å². The van der Waals surface area contributed by atoms with Crippen LogP contribution in [0.5, 0.6) is 0 Å². The first-order chi connectivity index (χ1) is 17.2. The molecule has 3 aromatic heterocycles. The lowest BCUT2D eigenvalue weighted by Crippen LogP contribution is -2.43. The van der Waals surface area contributed by atoms with E-state index in [1.54, 1.807) is 12.7 Å². The monoisotopic (exact) mass is 472 g/mol. The Hall–Kier alpha value is -3.66. The number of anilines is 4. The van der Waals surface area contributed by atoms with Gasteiger partial charge in [-0.25, -0.2) is 9.97 Å². The molecule has 0 spiro atoms. The van der Waals surface area contributed by atoms with E-state index in [9.17, 15) is 0 Å². The van der Waals surface area contributed by atoms with Crippen LogP contribution in [0.3, 0.4) is 0 Å². The maximum Gasteiger partial charge on any atom is 0.231 e. The minimum Gasteiger partial charge on any atom is -0.372 e. The fourth-order valence-electron chi connectivity index (χ4n) is 5.24. The standard InChI is InChI=1S/C25H32N10/c1-3-34-11-8-19(9-12-34)33(2)18-6-4-17(5-7-18)30-25-31-23-22(28-16-29-23)24(32-25)35-13-10-20-21(14-35)27-15-26-20/h4-7,15-16,19H,3,8-14H2,1-2H3,(H,26,27)(H2,28,29,30,31,32). The van der Waals surface area contributed by atoms with Crippen LogP contribution in [0.1, 0.15) is 31.2 Å². The number of nitrogens with zero attached hydrogens (tertiary/aromatic N) is 7. The number of hydrogen-bond acceptors (Lipinski definition) is 8. The predicted octanol–water partition coefficient (Wildman–Crippen LogP) is 3.30. The average Bonchev–Trinajstić information content (AvgIpc) is 3.57. The van der Waals surface area contributed by atoms with Gasteiger partial charge in [-0.05, 0) is 43.7 Å². The Morgan fingerprint density at radius 2 is 1.83 bits per heavy atom. The molecule has 0 amide bonds. The van der Waals surface area contributed by atoms with Crippen LogP contribution >= 0.6 is 0 Å². The maximum absolute atomic E-state index is 4.88. The highest BCUT2D eigenvalue weighted by molar-refractivity contribution is 5.85. The van der Waals surface area contributed by atoms with E-state index in [1.165, 1.54) is 31.6 Å². The van der Waals surface area contributed by atoms with Crippen molar-refractivity contribution in [1.29, 1.82) is 0 Å². The Morgan fingerprint density at radius 3 is 2.63 bits per heavy atom. The summed E-state index contributed by atoms with van der Waals surface area (Å²) >= 11 is 0. The summed E-state index contributed by atoms with van der Waals surface area (Å²) in [6.45, 7) is 7.33. The molecule has 10 heteroatoms. The smallest absolute Gasteiger partial charge is 0.231 e. The number of nitrogens with one attached hydrogen (secondary N) is 3. The molecule has 1 aromatic carbocycles. The molecule has 2 aliphatic heterocycles. The molecule has 0 saturated carbocycles. The van der Waals surface area contributed by atoms with Crippen molar-refractivity contribution in [3.05, 3.63) is 48.3 Å². The molecule has 0 aliphatic carbocycles. The molecule has 10 nitrogen and oxygen atoms in total. The number of likely N-dealkylation sites (tertiary alicyclic amines) is 1. The van der Waals surface area contributed by atoms with E-state index in [-0.39, 0.29) is 0 Å². The number of H-pyrrole nitrogens is 2. The van der Waals surface area contributed by atoms with Gasteiger partial charge in [0, 0.05) is 50.5 Å². The van der Waals surface area contributed by atoms with E-state index in [1.807, 2.05) is 0 Å². The summed E-state index contributed by atoms with van der Waals surface area (Å²) in [6, 6.07) is 9.13. The number of hydrogen-bond donors (Lipinski definition) is 3. The van der Waals surface area contributed by atoms with Crippen LogP contribution in [0.2, 0.25) is 0 Å². The Balaban J connectivity index is 1.19. The molecule has 6 rings (SSSR count). The zero-order chi connectivity index (χ0) is 23.8. The third-order valence-electron chi connectivity index (χ3n) is 7.42. The van der Waals surface area contributed by atoms with Gasteiger partial charge in [-0.3, -0.25) is 0 Å². The van der Waals surface area contributed by atoms with Crippen molar-refractivity contribution in [2.24, 2.45) is 0 Å². The fraction of sp³-hybridized carbons (Fsp3) is 0.440. The van der Waals surface area contributed by atoms with Crippen LogP contribution in [0.25, 0.3) is 11.2 Å². The molecule has 4 aromatic rings. The van der Waals surface area contributed by atoms with Crippen LogP contribution in [0.15, 0.2) is 36.9 Å². The molecular formula is C25H32N10. The van der Waals surface area contributed by atoms with Crippen molar-refractivity contribution in [3.8, 4) is 0 Å². The molecule has 1 fully saturated rings. The van der Waals surface area contributed by atoms with Gasteiger partial charge in [-0.1, -0.05) is 6.92 Å². The number of piperidine rings is 1. The van der Waals surface area contributed by atoms with Gasteiger partial charge in [0.2, 0.25) is 5.95 Å². The van der Waals surface area contributed by atoms with Gasteiger partial charge in [0.05, 0.1) is 30.6 Å². The molecule has 182 valence electrons. The van der Waals surface area contributed by atoms with Crippen LogP contribution in [-0.4, -0.2) is 74.1 Å². The zero-order valence-electron chi connectivity index (χ0n) is 20.3. The Bertz CT molecular complexity index is 1290. The molecule has 35 heavy (non-hydrogen) atoms. The van der Waals surface area contributed by atoms with Crippen LogP contribution in [0, 0.1) is 0 Å². The van der Waals surface area contributed by atoms with Crippen molar-refractivity contribution < 1.29 is 0 Å². The second-order valence-electron chi connectivity index (χ2n) is 9.42. The molecule has 5 heterocycles. The van der Waals surface area contributed by atoms with Gasteiger partial charge in [0.15, 0.2) is 11.5 Å². The topological polar surface area (TPSA) is 105 Å². The molecule has 0 radical (unpaired) electrons. The summed E-state index contributed by atoms with van der Waals surface area (Å²) in [5.74, 6) is 1.40. The van der Waals surface area contributed by atoms with Gasteiger partial charge in [0.1, 0.15) is 5.52 Å². The first-order valence-electron chi connectivity index (χ1n) is 12.5. The third-order valence-corrected chi connectivity index (χ3v) is 7.42. The van der Waals surface area contributed by atoms with Crippen LogP contribution in [-0.2, 0) is 13.0 Å². The van der Waals surface area contributed by atoms with Crippen molar-refractivity contribution in [2.75, 3.05) is 48.3 Å². The summed E-state index contributed by atoms with van der Waals surface area (Å²) in [5, 5.41) is 3.39. The average molecular weight is 473 g/mol. The molecule has 0 atom stereocenters. The molecule has 2 aliphatic rings. The zero-order valence-corrected chi connectivity index (χ0v) is 20.3. The summed E-state index contributed by atoms with van der Waals surface area (Å²) in [7, 11) is 2.21. The van der Waals surface area contributed by atoms with E-state index in [4.69, 9.17) is 4.98 Å². The molecule has 1 saturated heterocycles. The van der Waals surface area contributed by atoms with E-state index >= 15 is 0 Å². The van der Waals surface area contributed by atoms with Crippen molar-refractivity contribution in [2.45, 2.75) is 38.8 Å². The number of fused-ring (bicyclic) bond motifs is 2. The van der Waals surface area contributed by atoms with E-state index < -0.39 is 0 Å². The Kier molecular flexibility index (Phi) is 5.73. The highest BCUT2D eigenvalue weighted by atomic mass is 15.3. The Labute approximate surface area is 204 Å².